The third-order valence-electron chi connectivity index (χ3n) is 5.40. The maximum atomic E-state index is 10.2. The number of rotatable bonds is 8. The summed E-state index contributed by atoms with van der Waals surface area (Å²) in [5.74, 6) is -4.90. The molecule has 0 aromatic heterocycles. The molecule has 0 fully saturated rings. The van der Waals surface area contributed by atoms with E-state index >= 15 is 0 Å². The standard InChI is InChI=1S/4C8H8O3.Ti/c4*9-7(8(10)11)6-4-2-1-3-5-6;/h4*1-5,7,9H,(H,10,11);. The van der Waals surface area contributed by atoms with Crippen LogP contribution >= 0.6 is 0 Å². The van der Waals surface area contributed by atoms with Crippen molar-refractivity contribution in [1.82, 2.24) is 0 Å². The molecule has 8 N–H and O–H groups in total. The molecule has 0 heterocycles. The number of aliphatic hydroxyl groups excluding tert-OH is 4. The van der Waals surface area contributed by atoms with E-state index < -0.39 is 48.3 Å². The van der Waals surface area contributed by atoms with E-state index in [4.69, 9.17) is 40.9 Å². The number of hydrogen-bond donors (Lipinski definition) is 8. The molecule has 0 radical (unpaired) electrons. The van der Waals surface area contributed by atoms with Crippen molar-refractivity contribution < 1.29 is 81.7 Å². The van der Waals surface area contributed by atoms with Crippen LogP contribution in [-0.2, 0) is 40.9 Å². The summed E-state index contributed by atoms with van der Waals surface area (Å²) in [5, 5.41) is 69.5. The minimum atomic E-state index is -1.41. The van der Waals surface area contributed by atoms with Crippen LogP contribution in [0, 0.1) is 0 Å². The molecule has 0 amide bonds. The van der Waals surface area contributed by atoms with Gasteiger partial charge < -0.3 is 40.9 Å². The Morgan fingerprint density at radius 1 is 0.333 bits per heavy atom. The van der Waals surface area contributed by atoms with Crippen LogP contribution in [0.4, 0.5) is 0 Å². The van der Waals surface area contributed by atoms with Crippen molar-refractivity contribution in [1.29, 1.82) is 0 Å². The molecule has 0 aliphatic carbocycles. The molecule has 45 heavy (non-hydrogen) atoms. The van der Waals surface area contributed by atoms with Gasteiger partial charge in [-0.3, -0.25) is 0 Å². The Bertz CT molecular complexity index is 1200. The van der Waals surface area contributed by atoms with Gasteiger partial charge in [-0.15, -0.1) is 0 Å². The third kappa shape index (κ3) is 15.6. The molecular weight excluding hydrogens is 624 g/mol. The van der Waals surface area contributed by atoms with E-state index in [9.17, 15) is 19.2 Å². The fraction of sp³-hybridized carbons (Fsp3) is 0.125. The molecule has 4 aromatic carbocycles. The Balaban J connectivity index is 0.000000569. The summed E-state index contributed by atoms with van der Waals surface area (Å²) in [6, 6.07) is 33.1. The largest absolute Gasteiger partial charge is 0.479 e. The van der Waals surface area contributed by atoms with E-state index in [2.05, 4.69) is 0 Å². The second-order valence-electron chi connectivity index (χ2n) is 8.61. The monoisotopic (exact) mass is 656 g/mol. The Morgan fingerprint density at radius 2 is 0.467 bits per heavy atom. The second kappa shape index (κ2) is 21.9. The summed E-state index contributed by atoms with van der Waals surface area (Å²) in [7, 11) is 0. The van der Waals surface area contributed by atoms with Gasteiger partial charge in [-0.25, -0.2) is 19.2 Å². The van der Waals surface area contributed by atoms with Crippen molar-refractivity contribution in [2.45, 2.75) is 24.4 Å². The first-order valence-electron chi connectivity index (χ1n) is 12.7. The minimum absolute atomic E-state index is 0. The van der Waals surface area contributed by atoms with Crippen molar-refractivity contribution in [3.63, 3.8) is 0 Å². The van der Waals surface area contributed by atoms with Gasteiger partial charge in [0.2, 0.25) is 0 Å². The van der Waals surface area contributed by atoms with Crippen LogP contribution in [0.25, 0.3) is 0 Å². The maximum Gasteiger partial charge on any atom is 0.337 e. The molecule has 13 heteroatoms. The summed E-state index contributed by atoms with van der Waals surface area (Å²) < 4.78 is 0. The van der Waals surface area contributed by atoms with Crippen LogP contribution in [0.3, 0.4) is 0 Å². The Morgan fingerprint density at radius 3 is 0.578 bits per heavy atom. The van der Waals surface area contributed by atoms with Gasteiger partial charge in [0.25, 0.3) is 0 Å². The van der Waals surface area contributed by atoms with E-state index in [1.54, 1.807) is 121 Å². The van der Waals surface area contributed by atoms with Gasteiger partial charge in [-0.05, 0) is 22.3 Å². The Labute approximate surface area is 273 Å². The van der Waals surface area contributed by atoms with Crippen molar-refractivity contribution in [3.05, 3.63) is 144 Å². The molecule has 4 atom stereocenters. The van der Waals surface area contributed by atoms with Gasteiger partial charge in [0.15, 0.2) is 24.4 Å². The quantitative estimate of drug-likeness (QED) is 0.128. The number of aliphatic hydroxyl groups is 4. The van der Waals surface area contributed by atoms with Crippen LogP contribution in [0.5, 0.6) is 0 Å². The molecule has 4 unspecified atom stereocenters. The van der Waals surface area contributed by atoms with Gasteiger partial charge in [-0.2, -0.15) is 0 Å². The fourth-order valence-corrected chi connectivity index (χ4v) is 3.11. The third-order valence-corrected chi connectivity index (χ3v) is 5.40. The van der Waals surface area contributed by atoms with Crippen molar-refractivity contribution in [2.24, 2.45) is 0 Å². The molecule has 236 valence electrons. The van der Waals surface area contributed by atoms with Gasteiger partial charge >= 0.3 is 23.9 Å². The first-order valence-corrected chi connectivity index (χ1v) is 12.7. The first kappa shape index (κ1) is 40.3. The average Bonchev–Trinajstić information content (AvgIpc) is 3.05. The number of carbonyl (C=O) groups is 4. The van der Waals surface area contributed by atoms with E-state index in [0.717, 1.165) is 0 Å². The van der Waals surface area contributed by atoms with Gasteiger partial charge in [0.05, 0.1) is 0 Å². The fourth-order valence-electron chi connectivity index (χ4n) is 3.11. The summed E-state index contributed by atoms with van der Waals surface area (Å²) in [5.41, 5.74) is 1.61. The first-order chi connectivity index (χ1) is 20.9. The van der Waals surface area contributed by atoms with Crippen LogP contribution in [-0.4, -0.2) is 64.7 Å². The Kier molecular flexibility index (Phi) is 19.6. The van der Waals surface area contributed by atoms with Crippen LogP contribution in [0.2, 0.25) is 0 Å². The van der Waals surface area contributed by atoms with Gasteiger partial charge in [-0.1, -0.05) is 121 Å². The van der Waals surface area contributed by atoms with Gasteiger partial charge in [0.1, 0.15) is 0 Å². The van der Waals surface area contributed by atoms with Crippen LogP contribution < -0.4 is 0 Å². The van der Waals surface area contributed by atoms with E-state index in [1.807, 2.05) is 0 Å². The zero-order valence-corrected chi connectivity index (χ0v) is 25.1. The van der Waals surface area contributed by atoms with Crippen molar-refractivity contribution in [2.75, 3.05) is 0 Å². The molecule has 0 spiro atoms. The SMILES string of the molecule is O=C(O)C(O)c1ccccc1.O=C(O)C(O)c1ccccc1.O=C(O)C(O)c1ccccc1.O=C(O)C(O)c1ccccc1.[Ti]. The molecule has 12 nitrogen and oxygen atoms in total. The normalized spacial score (nSPS) is 12.2. The second-order valence-corrected chi connectivity index (χ2v) is 8.61. The average molecular weight is 656 g/mol. The zero-order valence-electron chi connectivity index (χ0n) is 23.6. The molecular formula is C32H32O12Ti. The minimum Gasteiger partial charge on any atom is -0.479 e. The van der Waals surface area contributed by atoms with E-state index in [1.165, 1.54) is 0 Å². The summed E-state index contributed by atoms with van der Waals surface area (Å²) in [6.07, 6.45) is -5.63. The molecule has 4 rings (SSSR count). The number of benzene rings is 4. The maximum absolute atomic E-state index is 10.2. The summed E-state index contributed by atoms with van der Waals surface area (Å²) >= 11 is 0. The van der Waals surface area contributed by atoms with Crippen molar-refractivity contribution in [3.8, 4) is 0 Å². The Hall–Kier alpha value is -4.69. The van der Waals surface area contributed by atoms with Crippen LogP contribution in [0.1, 0.15) is 46.7 Å². The van der Waals surface area contributed by atoms with E-state index in [-0.39, 0.29) is 21.7 Å². The number of hydrogen-bond acceptors (Lipinski definition) is 8. The van der Waals surface area contributed by atoms with Crippen molar-refractivity contribution >= 4 is 23.9 Å². The van der Waals surface area contributed by atoms with Crippen LogP contribution in [0.15, 0.2) is 121 Å². The smallest absolute Gasteiger partial charge is 0.337 e. The summed E-state index contributed by atoms with van der Waals surface area (Å²) in [4.78, 5) is 41.0. The predicted molar refractivity (Wildman–Crippen MR) is 156 cm³/mol. The summed E-state index contributed by atoms with van der Waals surface area (Å²) in [6.45, 7) is 0. The molecule has 0 saturated carbocycles. The topological polar surface area (TPSA) is 230 Å². The van der Waals surface area contributed by atoms with Gasteiger partial charge in [0, 0.05) is 21.7 Å². The molecule has 0 bridgehead atoms. The predicted octanol–water partition coefficient (Wildman–Crippen LogP) is 3.22. The zero-order chi connectivity index (χ0) is 33.1. The molecule has 0 aliphatic rings. The number of carboxylic acids is 4. The molecule has 0 aliphatic heterocycles. The molecule has 4 aromatic rings. The number of carboxylic acid groups (broad SMARTS) is 4. The number of aliphatic carboxylic acids is 4. The molecule has 0 saturated heterocycles. The van der Waals surface area contributed by atoms with E-state index in [0.29, 0.717) is 22.3 Å².